The second-order valence-corrected chi connectivity index (χ2v) is 4.49. The third-order valence-electron chi connectivity index (χ3n) is 2.78. The van der Waals surface area contributed by atoms with Crippen LogP contribution in [0.25, 0.3) is 11.0 Å². The molecule has 86 valence electrons. The third-order valence-corrected chi connectivity index (χ3v) is 2.78. The van der Waals surface area contributed by atoms with Gasteiger partial charge in [-0.3, -0.25) is 0 Å². The van der Waals surface area contributed by atoms with E-state index in [-0.39, 0.29) is 0 Å². The average molecular weight is 217 g/mol. The van der Waals surface area contributed by atoms with Crippen molar-refractivity contribution in [2.24, 2.45) is 0 Å². The number of aromatic nitrogens is 2. The summed E-state index contributed by atoms with van der Waals surface area (Å²) in [6.45, 7) is 6.56. The maximum Gasteiger partial charge on any atom is 0.110 e. The lowest BCUT2D eigenvalue weighted by Gasteiger charge is -2.12. The minimum absolute atomic E-state index is 0.440. The van der Waals surface area contributed by atoms with Crippen molar-refractivity contribution >= 4 is 16.7 Å². The van der Waals surface area contributed by atoms with E-state index < -0.39 is 0 Å². The summed E-state index contributed by atoms with van der Waals surface area (Å²) >= 11 is 0. The topological polar surface area (TPSA) is 43.8 Å². The summed E-state index contributed by atoms with van der Waals surface area (Å²) < 4.78 is 2.30. The molecule has 0 aliphatic carbocycles. The normalized spacial score (nSPS) is 11.5. The van der Waals surface area contributed by atoms with E-state index >= 15 is 0 Å². The number of nitrogens with two attached hydrogens (primary N) is 1. The number of imidazole rings is 1. The van der Waals surface area contributed by atoms with Crippen LogP contribution in [0, 0.1) is 0 Å². The van der Waals surface area contributed by atoms with Gasteiger partial charge in [-0.25, -0.2) is 4.98 Å². The van der Waals surface area contributed by atoms with Crippen molar-refractivity contribution in [1.82, 2.24) is 9.55 Å². The standard InChI is InChI=1S/C13H19N3/c1-4-5-13-15-11-8-10(14)6-7-12(11)16(13)9(2)3/h6-9H,4-5,14H2,1-3H3. The summed E-state index contributed by atoms with van der Waals surface area (Å²) in [5.41, 5.74) is 8.76. The molecule has 1 heterocycles. The molecule has 0 saturated heterocycles. The van der Waals surface area contributed by atoms with E-state index in [0.717, 1.165) is 29.9 Å². The fourth-order valence-corrected chi connectivity index (χ4v) is 2.14. The minimum atomic E-state index is 0.440. The van der Waals surface area contributed by atoms with Gasteiger partial charge in [0.2, 0.25) is 0 Å². The Hall–Kier alpha value is -1.51. The monoisotopic (exact) mass is 217 g/mol. The van der Waals surface area contributed by atoms with Crippen LogP contribution in [0.3, 0.4) is 0 Å². The fraction of sp³-hybridized carbons (Fsp3) is 0.462. The number of nitrogen functional groups attached to an aromatic ring is 1. The summed E-state index contributed by atoms with van der Waals surface area (Å²) in [5, 5.41) is 0. The van der Waals surface area contributed by atoms with Crippen molar-refractivity contribution in [3.63, 3.8) is 0 Å². The first-order chi connectivity index (χ1) is 7.63. The van der Waals surface area contributed by atoms with Gasteiger partial charge in [0.1, 0.15) is 5.82 Å². The molecule has 0 aliphatic heterocycles. The largest absolute Gasteiger partial charge is 0.399 e. The molecule has 0 aliphatic rings. The van der Waals surface area contributed by atoms with E-state index in [1.165, 1.54) is 5.52 Å². The van der Waals surface area contributed by atoms with E-state index in [1.807, 2.05) is 12.1 Å². The molecule has 3 heteroatoms. The van der Waals surface area contributed by atoms with Gasteiger partial charge in [0, 0.05) is 18.2 Å². The quantitative estimate of drug-likeness (QED) is 0.803. The molecule has 0 unspecified atom stereocenters. The lowest BCUT2D eigenvalue weighted by atomic mass is 10.2. The van der Waals surface area contributed by atoms with Crippen LogP contribution in [0.5, 0.6) is 0 Å². The van der Waals surface area contributed by atoms with Gasteiger partial charge in [-0.2, -0.15) is 0 Å². The molecular formula is C13H19N3. The van der Waals surface area contributed by atoms with Gasteiger partial charge in [-0.15, -0.1) is 0 Å². The van der Waals surface area contributed by atoms with Crippen LogP contribution >= 0.6 is 0 Å². The number of hydrogen-bond acceptors (Lipinski definition) is 2. The Morgan fingerprint density at radius 1 is 1.38 bits per heavy atom. The Labute approximate surface area is 96.3 Å². The Bertz CT molecular complexity index is 497. The first-order valence-corrected chi connectivity index (χ1v) is 5.89. The van der Waals surface area contributed by atoms with Crippen LogP contribution in [0.2, 0.25) is 0 Å². The summed E-state index contributed by atoms with van der Waals surface area (Å²) in [4.78, 5) is 4.67. The lowest BCUT2D eigenvalue weighted by Crippen LogP contribution is -2.05. The number of hydrogen-bond donors (Lipinski definition) is 1. The van der Waals surface area contributed by atoms with Crippen LogP contribution < -0.4 is 5.73 Å². The van der Waals surface area contributed by atoms with Gasteiger partial charge in [0.15, 0.2) is 0 Å². The van der Waals surface area contributed by atoms with Crippen LogP contribution in [0.15, 0.2) is 18.2 Å². The van der Waals surface area contributed by atoms with Crippen LogP contribution in [0.1, 0.15) is 39.1 Å². The molecule has 0 atom stereocenters. The molecule has 0 saturated carbocycles. The molecule has 0 amide bonds. The van der Waals surface area contributed by atoms with Gasteiger partial charge < -0.3 is 10.3 Å². The maximum absolute atomic E-state index is 5.78. The Balaban J connectivity index is 2.65. The zero-order chi connectivity index (χ0) is 11.7. The van der Waals surface area contributed by atoms with Crippen LogP contribution in [-0.2, 0) is 6.42 Å². The van der Waals surface area contributed by atoms with Crippen molar-refractivity contribution in [1.29, 1.82) is 0 Å². The van der Waals surface area contributed by atoms with Crippen molar-refractivity contribution in [2.75, 3.05) is 5.73 Å². The average Bonchev–Trinajstić information content (AvgIpc) is 2.55. The fourth-order valence-electron chi connectivity index (χ4n) is 2.14. The number of anilines is 1. The molecule has 1 aromatic carbocycles. The van der Waals surface area contributed by atoms with Crippen molar-refractivity contribution in [3.8, 4) is 0 Å². The smallest absolute Gasteiger partial charge is 0.110 e. The Morgan fingerprint density at radius 2 is 2.12 bits per heavy atom. The molecule has 0 bridgehead atoms. The molecule has 16 heavy (non-hydrogen) atoms. The van der Waals surface area contributed by atoms with E-state index in [1.54, 1.807) is 0 Å². The SMILES string of the molecule is CCCc1nc2cc(N)ccc2n1C(C)C. The van der Waals surface area contributed by atoms with Gasteiger partial charge in [-0.05, 0) is 38.5 Å². The van der Waals surface area contributed by atoms with Gasteiger partial charge in [-0.1, -0.05) is 6.92 Å². The first-order valence-electron chi connectivity index (χ1n) is 5.89. The second-order valence-electron chi connectivity index (χ2n) is 4.49. The number of nitrogens with zero attached hydrogens (tertiary/aromatic N) is 2. The summed E-state index contributed by atoms with van der Waals surface area (Å²) in [5.74, 6) is 1.16. The van der Waals surface area contributed by atoms with E-state index in [4.69, 9.17) is 5.73 Å². The molecule has 2 rings (SSSR count). The number of fused-ring (bicyclic) bond motifs is 1. The zero-order valence-corrected chi connectivity index (χ0v) is 10.2. The highest BCUT2D eigenvalue weighted by Gasteiger charge is 2.12. The Kier molecular flexibility index (Phi) is 2.86. The van der Waals surface area contributed by atoms with Crippen LogP contribution in [0.4, 0.5) is 5.69 Å². The predicted octanol–water partition coefficient (Wildman–Crippen LogP) is 3.15. The van der Waals surface area contributed by atoms with Crippen LogP contribution in [-0.4, -0.2) is 9.55 Å². The van der Waals surface area contributed by atoms with Gasteiger partial charge >= 0.3 is 0 Å². The number of benzene rings is 1. The van der Waals surface area contributed by atoms with Crippen molar-refractivity contribution in [3.05, 3.63) is 24.0 Å². The van der Waals surface area contributed by atoms with Gasteiger partial charge in [0.25, 0.3) is 0 Å². The molecule has 0 spiro atoms. The predicted molar refractivity (Wildman–Crippen MR) is 68.5 cm³/mol. The highest BCUT2D eigenvalue weighted by atomic mass is 15.1. The van der Waals surface area contributed by atoms with Crippen molar-refractivity contribution < 1.29 is 0 Å². The number of rotatable bonds is 3. The van der Waals surface area contributed by atoms with Gasteiger partial charge in [0.05, 0.1) is 11.0 Å². The van der Waals surface area contributed by atoms with E-state index in [0.29, 0.717) is 6.04 Å². The Morgan fingerprint density at radius 3 is 2.75 bits per heavy atom. The highest BCUT2D eigenvalue weighted by molar-refractivity contribution is 5.79. The summed E-state index contributed by atoms with van der Waals surface area (Å²) in [7, 11) is 0. The molecule has 0 fully saturated rings. The molecule has 3 nitrogen and oxygen atoms in total. The first kappa shape index (κ1) is 11.0. The van der Waals surface area contributed by atoms with Crippen molar-refractivity contribution in [2.45, 2.75) is 39.7 Å². The lowest BCUT2D eigenvalue weighted by molar-refractivity contribution is 0.580. The maximum atomic E-state index is 5.78. The second kappa shape index (κ2) is 4.16. The number of aryl methyl sites for hydroxylation is 1. The molecular weight excluding hydrogens is 198 g/mol. The van der Waals surface area contributed by atoms with E-state index in [2.05, 4.69) is 36.4 Å². The minimum Gasteiger partial charge on any atom is -0.399 e. The van der Waals surface area contributed by atoms with E-state index in [9.17, 15) is 0 Å². The molecule has 2 N–H and O–H groups in total. The zero-order valence-electron chi connectivity index (χ0n) is 10.2. The third kappa shape index (κ3) is 1.77. The molecule has 2 aromatic rings. The molecule has 1 aromatic heterocycles. The highest BCUT2D eigenvalue weighted by Crippen LogP contribution is 2.23. The summed E-state index contributed by atoms with van der Waals surface area (Å²) in [6, 6.07) is 6.40. The molecule has 0 radical (unpaired) electrons. The summed E-state index contributed by atoms with van der Waals surface area (Å²) in [6.07, 6.45) is 2.14.